The Morgan fingerprint density at radius 1 is 1.09 bits per heavy atom. The molecular formula is C17H18ClNO2S. The first-order valence-corrected chi connectivity index (χ1v) is 8.11. The highest BCUT2D eigenvalue weighted by atomic mass is 35.5. The van der Waals surface area contributed by atoms with Crippen molar-refractivity contribution in [3.05, 3.63) is 62.7 Å². The Balaban J connectivity index is 2.38. The van der Waals surface area contributed by atoms with E-state index < -0.39 is 4.92 Å². The van der Waals surface area contributed by atoms with Crippen LogP contribution in [-0.4, -0.2) is 4.92 Å². The summed E-state index contributed by atoms with van der Waals surface area (Å²) in [5.41, 5.74) is 2.48. The van der Waals surface area contributed by atoms with Crippen LogP contribution < -0.4 is 0 Å². The quantitative estimate of drug-likeness (QED) is 0.510. The molecule has 116 valence electrons. The molecule has 22 heavy (non-hydrogen) atoms. The van der Waals surface area contributed by atoms with E-state index in [0.717, 1.165) is 10.5 Å². The Labute approximate surface area is 139 Å². The van der Waals surface area contributed by atoms with Crippen LogP contribution in [0.3, 0.4) is 0 Å². The molecule has 0 aromatic heterocycles. The molecule has 0 radical (unpaired) electrons. The molecule has 0 heterocycles. The Hall–Kier alpha value is -1.52. The van der Waals surface area contributed by atoms with E-state index >= 15 is 0 Å². The van der Waals surface area contributed by atoms with Crippen LogP contribution in [-0.2, 0) is 5.41 Å². The maximum absolute atomic E-state index is 11.2. The molecule has 0 aliphatic carbocycles. The van der Waals surface area contributed by atoms with Crippen LogP contribution in [0.15, 0.2) is 46.2 Å². The van der Waals surface area contributed by atoms with Gasteiger partial charge in [-0.05, 0) is 41.7 Å². The van der Waals surface area contributed by atoms with Gasteiger partial charge in [0.1, 0.15) is 0 Å². The molecule has 0 unspecified atom stereocenters. The average molecular weight is 336 g/mol. The first-order valence-electron chi connectivity index (χ1n) is 6.91. The van der Waals surface area contributed by atoms with Gasteiger partial charge in [-0.25, -0.2) is 0 Å². The van der Waals surface area contributed by atoms with E-state index in [1.165, 1.54) is 23.4 Å². The minimum atomic E-state index is -0.396. The second kappa shape index (κ2) is 6.31. The van der Waals surface area contributed by atoms with Crippen molar-refractivity contribution in [2.75, 3.05) is 0 Å². The average Bonchev–Trinajstić information content (AvgIpc) is 2.41. The SMILES string of the molecule is Cc1cc(C(C)(C)C)ccc1Sc1ccc(Cl)cc1[N+](=O)[O-]. The van der Waals surface area contributed by atoms with Gasteiger partial charge in [0, 0.05) is 16.0 Å². The van der Waals surface area contributed by atoms with Gasteiger partial charge in [-0.15, -0.1) is 0 Å². The molecule has 2 aromatic carbocycles. The van der Waals surface area contributed by atoms with Crippen molar-refractivity contribution < 1.29 is 4.92 Å². The van der Waals surface area contributed by atoms with Crippen LogP contribution in [0.2, 0.25) is 5.02 Å². The van der Waals surface area contributed by atoms with Crippen molar-refractivity contribution in [3.8, 4) is 0 Å². The van der Waals surface area contributed by atoms with Crippen LogP contribution >= 0.6 is 23.4 Å². The third-order valence-electron chi connectivity index (χ3n) is 3.38. The molecule has 3 nitrogen and oxygen atoms in total. The molecular weight excluding hydrogens is 318 g/mol. The minimum Gasteiger partial charge on any atom is -0.258 e. The summed E-state index contributed by atoms with van der Waals surface area (Å²) >= 11 is 7.25. The zero-order valence-corrected chi connectivity index (χ0v) is 14.6. The Bertz CT molecular complexity index is 723. The van der Waals surface area contributed by atoms with Gasteiger partial charge in [0.25, 0.3) is 5.69 Å². The van der Waals surface area contributed by atoms with E-state index in [1.807, 2.05) is 13.0 Å². The lowest BCUT2D eigenvalue weighted by atomic mass is 9.86. The summed E-state index contributed by atoms with van der Waals surface area (Å²) in [6.07, 6.45) is 0. The smallest absolute Gasteiger partial charge is 0.258 e. The lowest BCUT2D eigenvalue weighted by Crippen LogP contribution is -2.11. The third kappa shape index (κ3) is 3.81. The highest BCUT2D eigenvalue weighted by Gasteiger charge is 2.18. The first-order chi connectivity index (χ1) is 10.2. The highest BCUT2D eigenvalue weighted by molar-refractivity contribution is 7.99. The van der Waals surface area contributed by atoms with Crippen LogP contribution in [0.25, 0.3) is 0 Å². The van der Waals surface area contributed by atoms with Gasteiger partial charge in [-0.2, -0.15) is 0 Å². The molecule has 0 spiro atoms. The highest BCUT2D eigenvalue weighted by Crippen LogP contribution is 2.38. The fourth-order valence-corrected chi connectivity index (χ4v) is 3.20. The Morgan fingerprint density at radius 3 is 2.27 bits per heavy atom. The fraction of sp³-hybridized carbons (Fsp3) is 0.294. The zero-order chi connectivity index (χ0) is 16.5. The van der Waals surface area contributed by atoms with Crippen molar-refractivity contribution >= 4 is 29.1 Å². The number of nitrogens with zero attached hydrogens (tertiary/aromatic N) is 1. The summed E-state index contributed by atoms with van der Waals surface area (Å²) in [6, 6.07) is 11.0. The molecule has 0 N–H and O–H groups in total. The van der Waals surface area contributed by atoms with Gasteiger partial charge in [0.05, 0.1) is 9.82 Å². The van der Waals surface area contributed by atoms with E-state index in [-0.39, 0.29) is 11.1 Å². The minimum absolute atomic E-state index is 0.0387. The second-order valence-electron chi connectivity index (χ2n) is 6.20. The fourth-order valence-electron chi connectivity index (χ4n) is 2.07. The predicted octanol–water partition coefficient (Wildman–Crippen LogP) is 6.01. The van der Waals surface area contributed by atoms with E-state index in [9.17, 15) is 10.1 Å². The second-order valence-corrected chi connectivity index (χ2v) is 7.72. The number of benzene rings is 2. The number of hydrogen-bond donors (Lipinski definition) is 0. The van der Waals surface area contributed by atoms with Gasteiger partial charge in [0.2, 0.25) is 0 Å². The van der Waals surface area contributed by atoms with E-state index in [1.54, 1.807) is 12.1 Å². The number of halogens is 1. The molecule has 0 aliphatic rings. The lowest BCUT2D eigenvalue weighted by molar-refractivity contribution is -0.387. The summed E-state index contributed by atoms with van der Waals surface area (Å²) in [6.45, 7) is 8.52. The van der Waals surface area contributed by atoms with Crippen molar-refractivity contribution in [1.29, 1.82) is 0 Å². The monoisotopic (exact) mass is 335 g/mol. The molecule has 2 aromatic rings. The van der Waals surface area contributed by atoms with Gasteiger partial charge in [0.15, 0.2) is 0 Å². The topological polar surface area (TPSA) is 43.1 Å². The van der Waals surface area contributed by atoms with Gasteiger partial charge in [-0.1, -0.05) is 56.3 Å². The summed E-state index contributed by atoms with van der Waals surface area (Å²) in [7, 11) is 0. The zero-order valence-electron chi connectivity index (χ0n) is 13.0. The first kappa shape index (κ1) is 16.8. The predicted molar refractivity (Wildman–Crippen MR) is 92.1 cm³/mol. The molecule has 0 amide bonds. The van der Waals surface area contributed by atoms with Crippen LogP contribution in [0.4, 0.5) is 5.69 Å². The van der Waals surface area contributed by atoms with E-state index in [2.05, 4.69) is 32.9 Å². The number of rotatable bonds is 3. The van der Waals surface area contributed by atoms with Gasteiger partial charge >= 0.3 is 0 Å². The largest absolute Gasteiger partial charge is 0.284 e. The molecule has 0 atom stereocenters. The van der Waals surface area contributed by atoms with Crippen molar-refractivity contribution in [2.45, 2.75) is 42.9 Å². The van der Waals surface area contributed by atoms with Crippen LogP contribution in [0.5, 0.6) is 0 Å². The Kier molecular flexibility index (Phi) is 4.83. The summed E-state index contributed by atoms with van der Waals surface area (Å²) < 4.78 is 0. The normalized spacial score (nSPS) is 11.5. The van der Waals surface area contributed by atoms with Crippen molar-refractivity contribution in [1.82, 2.24) is 0 Å². The summed E-state index contributed by atoms with van der Waals surface area (Å²) in [4.78, 5) is 12.4. The maximum atomic E-state index is 11.2. The number of nitro benzene ring substituents is 1. The third-order valence-corrected chi connectivity index (χ3v) is 4.86. The summed E-state index contributed by atoms with van der Waals surface area (Å²) in [5.74, 6) is 0. The van der Waals surface area contributed by atoms with Gasteiger partial charge < -0.3 is 0 Å². The van der Waals surface area contributed by atoms with E-state index in [0.29, 0.717) is 9.92 Å². The molecule has 0 bridgehead atoms. The molecule has 0 saturated carbocycles. The van der Waals surface area contributed by atoms with Crippen molar-refractivity contribution in [3.63, 3.8) is 0 Å². The number of aryl methyl sites for hydroxylation is 1. The Morgan fingerprint density at radius 2 is 1.73 bits per heavy atom. The molecule has 0 fully saturated rings. The molecule has 0 aliphatic heterocycles. The number of hydrogen-bond acceptors (Lipinski definition) is 3. The van der Waals surface area contributed by atoms with Crippen molar-refractivity contribution in [2.24, 2.45) is 0 Å². The molecule has 2 rings (SSSR count). The van der Waals surface area contributed by atoms with Crippen LogP contribution in [0, 0.1) is 17.0 Å². The molecule has 5 heteroatoms. The number of nitro groups is 1. The van der Waals surface area contributed by atoms with E-state index in [4.69, 9.17) is 11.6 Å². The standard InChI is InChI=1S/C17H18ClNO2S/c1-11-9-12(17(2,3)4)5-7-15(11)22-16-8-6-13(18)10-14(16)19(20)21/h5-10H,1-4H3. The summed E-state index contributed by atoms with van der Waals surface area (Å²) in [5, 5.41) is 11.5. The van der Waals surface area contributed by atoms with Gasteiger partial charge in [-0.3, -0.25) is 10.1 Å². The maximum Gasteiger partial charge on any atom is 0.284 e. The van der Waals surface area contributed by atoms with Crippen LogP contribution in [0.1, 0.15) is 31.9 Å². The lowest BCUT2D eigenvalue weighted by Gasteiger charge is -2.20. The molecule has 0 saturated heterocycles.